The van der Waals surface area contributed by atoms with Gasteiger partial charge in [-0.2, -0.15) is 0 Å². The molecule has 0 saturated heterocycles. The number of carboxylic acids is 1. The van der Waals surface area contributed by atoms with E-state index in [1.165, 1.54) is 6.42 Å². The Labute approximate surface area is 75.0 Å². The predicted octanol–water partition coefficient (Wildman–Crippen LogP) is 2.92. The lowest BCUT2D eigenvalue weighted by Gasteiger charge is -2.09. The van der Waals surface area contributed by atoms with Crippen molar-refractivity contribution in [3.05, 3.63) is 0 Å². The highest BCUT2D eigenvalue weighted by molar-refractivity contribution is 5.69. The summed E-state index contributed by atoms with van der Waals surface area (Å²) in [5.74, 6) is -0.0980. The molecule has 0 bridgehead atoms. The second-order valence-electron chi connectivity index (χ2n) is 3.68. The maximum absolute atomic E-state index is 10.4. The summed E-state index contributed by atoms with van der Waals surface area (Å²) in [7, 11) is 0. The SMILES string of the molecule is CC[C@@H](C)CCC[C@H](C)C(=O)O. The monoisotopic (exact) mass is 172 g/mol. The van der Waals surface area contributed by atoms with E-state index in [0.717, 1.165) is 25.2 Å². The first kappa shape index (κ1) is 11.5. The largest absolute Gasteiger partial charge is 0.481 e. The van der Waals surface area contributed by atoms with Gasteiger partial charge in [0.2, 0.25) is 0 Å². The molecular weight excluding hydrogens is 152 g/mol. The van der Waals surface area contributed by atoms with Crippen molar-refractivity contribution in [1.82, 2.24) is 0 Å². The maximum Gasteiger partial charge on any atom is 0.306 e. The third kappa shape index (κ3) is 5.16. The summed E-state index contributed by atoms with van der Waals surface area (Å²) in [5, 5.41) is 8.60. The van der Waals surface area contributed by atoms with Crippen molar-refractivity contribution >= 4 is 5.97 Å². The first-order chi connectivity index (χ1) is 5.57. The molecule has 0 rings (SSSR count). The molecule has 2 atom stereocenters. The summed E-state index contributed by atoms with van der Waals surface area (Å²) >= 11 is 0. The zero-order valence-corrected chi connectivity index (χ0v) is 8.34. The first-order valence-corrected chi connectivity index (χ1v) is 4.80. The van der Waals surface area contributed by atoms with E-state index in [4.69, 9.17) is 5.11 Å². The molecule has 0 unspecified atom stereocenters. The number of carboxylic acid groups (broad SMARTS) is 1. The quantitative estimate of drug-likeness (QED) is 0.668. The lowest BCUT2D eigenvalue weighted by Crippen LogP contribution is -2.09. The number of carbonyl (C=O) groups is 1. The summed E-state index contributed by atoms with van der Waals surface area (Å²) in [6, 6.07) is 0. The molecule has 72 valence electrons. The van der Waals surface area contributed by atoms with Gasteiger partial charge in [0.05, 0.1) is 5.92 Å². The van der Waals surface area contributed by atoms with Crippen molar-refractivity contribution < 1.29 is 9.90 Å². The van der Waals surface area contributed by atoms with Crippen LogP contribution in [0.4, 0.5) is 0 Å². The van der Waals surface area contributed by atoms with E-state index >= 15 is 0 Å². The van der Waals surface area contributed by atoms with Crippen molar-refractivity contribution in [1.29, 1.82) is 0 Å². The highest BCUT2D eigenvalue weighted by atomic mass is 16.4. The van der Waals surface area contributed by atoms with Gasteiger partial charge < -0.3 is 5.11 Å². The minimum atomic E-state index is -0.667. The van der Waals surface area contributed by atoms with Crippen LogP contribution in [-0.4, -0.2) is 11.1 Å². The molecule has 0 aromatic rings. The van der Waals surface area contributed by atoms with Gasteiger partial charge >= 0.3 is 5.97 Å². The second-order valence-corrected chi connectivity index (χ2v) is 3.68. The molecule has 2 heteroatoms. The van der Waals surface area contributed by atoms with Gasteiger partial charge in [0.1, 0.15) is 0 Å². The average Bonchev–Trinajstić information content (AvgIpc) is 2.03. The van der Waals surface area contributed by atoms with Crippen LogP contribution in [0.5, 0.6) is 0 Å². The summed E-state index contributed by atoms with van der Waals surface area (Å²) in [6.07, 6.45) is 4.22. The van der Waals surface area contributed by atoms with Crippen LogP contribution in [0.15, 0.2) is 0 Å². The van der Waals surface area contributed by atoms with E-state index in [1.54, 1.807) is 6.92 Å². The lowest BCUT2D eigenvalue weighted by atomic mass is 9.97. The van der Waals surface area contributed by atoms with Crippen molar-refractivity contribution in [3.63, 3.8) is 0 Å². The molecule has 12 heavy (non-hydrogen) atoms. The van der Waals surface area contributed by atoms with Crippen molar-refractivity contribution in [2.45, 2.75) is 46.5 Å². The van der Waals surface area contributed by atoms with Gasteiger partial charge in [-0.05, 0) is 12.3 Å². The Hall–Kier alpha value is -0.530. The molecule has 0 spiro atoms. The number of rotatable bonds is 6. The summed E-state index contributed by atoms with van der Waals surface area (Å²) in [4.78, 5) is 10.4. The van der Waals surface area contributed by atoms with Gasteiger partial charge in [-0.1, -0.05) is 40.0 Å². The predicted molar refractivity (Wildman–Crippen MR) is 50.1 cm³/mol. The van der Waals surface area contributed by atoms with Crippen molar-refractivity contribution in [3.8, 4) is 0 Å². The highest BCUT2D eigenvalue weighted by Crippen LogP contribution is 2.14. The van der Waals surface area contributed by atoms with E-state index in [1.807, 2.05) is 0 Å². The van der Waals surface area contributed by atoms with E-state index in [-0.39, 0.29) is 5.92 Å². The molecule has 0 heterocycles. The molecular formula is C10H20O2. The molecule has 0 radical (unpaired) electrons. The van der Waals surface area contributed by atoms with Crippen LogP contribution in [0.2, 0.25) is 0 Å². The van der Waals surface area contributed by atoms with E-state index in [2.05, 4.69) is 13.8 Å². The van der Waals surface area contributed by atoms with Crippen LogP contribution in [0.25, 0.3) is 0 Å². The molecule has 0 aliphatic rings. The van der Waals surface area contributed by atoms with Gasteiger partial charge in [-0.25, -0.2) is 0 Å². The van der Waals surface area contributed by atoms with Crippen molar-refractivity contribution in [2.24, 2.45) is 11.8 Å². The molecule has 0 aliphatic heterocycles. The summed E-state index contributed by atoms with van der Waals surface area (Å²) in [6.45, 7) is 6.16. The standard InChI is InChI=1S/C10H20O2/c1-4-8(2)6-5-7-9(3)10(11)12/h8-9H,4-7H2,1-3H3,(H,11,12)/t8-,9+/m1/s1. The number of hydrogen-bond acceptors (Lipinski definition) is 1. The molecule has 0 aliphatic carbocycles. The first-order valence-electron chi connectivity index (χ1n) is 4.80. The maximum atomic E-state index is 10.4. The van der Waals surface area contributed by atoms with Gasteiger partial charge in [-0.15, -0.1) is 0 Å². The smallest absolute Gasteiger partial charge is 0.306 e. The van der Waals surface area contributed by atoms with E-state index < -0.39 is 5.97 Å². The Kier molecular flexibility index (Phi) is 5.77. The number of aliphatic carboxylic acids is 1. The zero-order chi connectivity index (χ0) is 9.56. The van der Waals surface area contributed by atoms with Gasteiger partial charge in [0.15, 0.2) is 0 Å². The van der Waals surface area contributed by atoms with Crippen LogP contribution in [0.1, 0.15) is 46.5 Å². The topological polar surface area (TPSA) is 37.3 Å². The van der Waals surface area contributed by atoms with E-state index in [0.29, 0.717) is 0 Å². The minimum Gasteiger partial charge on any atom is -0.481 e. The normalized spacial score (nSPS) is 15.6. The third-order valence-corrected chi connectivity index (χ3v) is 2.45. The molecule has 0 aromatic carbocycles. The van der Waals surface area contributed by atoms with Crippen LogP contribution in [-0.2, 0) is 4.79 Å². The second kappa shape index (κ2) is 6.04. The third-order valence-electron chi connectivity index (χ3n) is 2.45. The fraction of sp³-hybridized carbons (Fsp3) is 0.900. The molecule has 0 aromatic heterocycles. The Morgan fingerprint density at radius 1 is 1.33 bits per heavy atom. The molecule has 1 N–H and O–H groups in total. The Bertz CT molecular complexity index is 132. The fourth-order valence-electron chi connectivity index (χ4n) is 1.10. The van der Waals surface area contributed by atoms with Crippen LogP contribution < -0.4 is 0 Å². The lowest BCUT2D eigenvalue weighted by molar-refractivity contribution is -0.141. The van der Waals surface area contributed by atoms with Crippen molar-refractivity contribution in [2.75, 3.05) is 0 Å². The molecule has 0 amide bonds. The Balaban J connectivity index is 3.37. The van der Waals surface area contributed by atoms with Gasteiger partial charge in [-0.3, -0.25) is 4.79 Å². The fourth-order valence-corrected chi connectivity index (χ4v) is 1.10. The Morgan fingerprint density at radius 2 is 1.92 bits per heavy atom. The van der Waals surface area contributed by atoms with Gasteiger partial charge in [0, 0.05) is 0 Å². The molecule has 2 nitrogen and oxygen atoms in total. The molecule has 0 fully saturated rings. The summed E-state index contributed by atoms with van der Waals surface area (Å²) in [5.41, 5.74) is 0. The average molecular weight is 172 g/mol. The van der Waals surface area contributed by atoms with E-state index in [9.17, 15) is 4.79 Å². The number of hydrogen-bond donors (Lipinski definition) is 1. The van der Waals surface area contributed by atoms with Crippen LogP contribution in [0, 0.1) is 11.8 Å². The van der Waals surface area contributed by atoms with Gasteiger partial charge in [0.25, 0.3) is 0 Å². The highest BCUT2D eigenvalue weighted by Gasteiger charge is 2.10. The summed E-state index contributed by atoms with van der Waals surface area (Å²) < 4.78 is 0. The van der Waals surface area contributed by atoms with Crippen LogP contribution >= 0.6 is 0 Å². The molecule has 0 saturated carbocycles. The Morgan fingerprint density at radius 3 is 2.33 bits per heavy atom. The minimum absolute atomic E-state index is 0.172. The van der Waals surface area contributed by atoms with Crippen LogP contribution in [0.3, 0.4) is 0 Å². The zero-order valence-electron chi connectivity index (χ0n) is 8.34.